The molecule has 0 saturated carbocycles. The maximum Gasteiger partial charge on any atom is 0.235 e. The highest BCUT2D eigenvalue weighted by atomic mass is 79.9. The molecule has 2 aromatic carbocycles. The number of benzene rings is 2. The van der Waals surface area contributed by atoms with E-state index in [2.05, 4.69) is 56.3 Å². The number of fused-ring (bicyclic) bond motifs is 1. The Hall–Kier alpha value is -2.05. The third kappa shape index (κ3) is 2.34. The number of hydrogen-bond donors (Lipinski definition) is 0. The fourth-order valence-corrected chi connectivity index (χ4v) is 3.47. The van der Waals surface area contributed by atoms with Crippen molar-refractivity contribution in [3.63, 3.8) is 0 Å². The molecular formula is C16H11BrN4S. The Balaban J connectivity index is 1.84. The first kappa shape index (κ1) is 13.6. The van der Waals surface area contributed by atoms with Gasteiger partial charge in [0.15, 0.2) is 5.82 Å². The number of aryl methyl sites for hydroxylation is 1. The van der Waals surface area contributed by atoms with E-state index in [4.69, 9.17) is 0 Å². The average Bonchev–Trinajstić information content (AvgIpc) is 3.08. The normalized spacial score (nSPS) is 11.2. The molecule has 4 rings (SSSR count). The van der Waals surface area contributed by atoms with Gasteiger partial charge in [0, 0.05) is 15.6 Å². The van der Waals surface area contributed by atoms with Gasteiger partial charge in [-0.15, -0.1) is 10.2 Å². The van der Waals surface area contributed by atoms with Crippen molar-refractivity contribution in [3.8, 4) is 22.0 Å². The first-order chi connectivity index (χ1) is 10.7. The minimum Gasteiger partial charge on any atom is -0.182 e. The largest absolute Gasteiger partial charge is 0.235 e. The van der Waals surface area contributed by atoms with Gasteiger partial charge < -0.3 is 0 Å². The second kappa shape index (κ2) is 5.30. The standard InChI is InChI=1S/C16H11BrN4S/c1-10-5-7-11(8-6-10)14-18-19-16-21(14)20-15(22-16)12-3-2-4-13(17)9-12/h2-9H,1H3. The Kier molecular flexibility index (Phi) is 3.28. The van der Waals surface area contributed by atoms with E-state index in [-0.39, 0.29) is 0 Å². The van der Waals surface area contributed by atoms with Crippen molar-refractivity contribution in [2.45, 2.75) is 6.92 Å². The highest BCUT2D eigenvalue weighted by Gasteiger charge is 2.14. The van der Waals surface area contributed by atoms with Crippen LogP contribution in [0.1, 0.15) is 5.56 Å². The average molecular weight is 371 g/mol. The van der Waals surface area contributed by atoms with E-state index in [1.807, 2.05) is 34.8 Å². The van der Waals surface area contributed by atoms with Crippen LogP contribution in [0.4, 0.5) is 0 Å². The Bertz CT molecular complexity index is 956. The van der Waals surface area contributed by atoms with Crippen LogP contribution in [0.25, 0.3) is 26.9 Å². The summed E-state index contributed by atoms with van der Waals surface area (Å²) in [5.41, 5.74) is 3.31. The molecule has 0 N–H and O–H groups in total. The lowest BCUT2D eigenvalue weighted by atomic mass is 10.1. The van der Waals surface area contributed by atoms with Crippen molar-refractivity contribution in [3.05, 3.63) is 58.6 Å². The third-order valence-electron chi connectivity index (χ3n) is 3.37. The Morgan fingerprint density at radius 1 is 1.00 bits per heavy atom. The monoisotopic (exact) mass is 370 g/mol. The molecule has 0 spiro atoms. The molecule has 0 saturated heterocycles. The van der Waals surface area contributed by atoms with E-state index >= 15 is 0 Å². The zero-order valence-corrected chi connectivity index (χ0v) is 14.1. The van der Waals surface area contributed by atoms with Gasteiger partial charge in [0.1, 0.15) is 5.01 Å². The molecule has 0 atom stereocenters. The molecule has 0 radical (unpaired) electrons. The summed E-state index contributed by atoms with van der Waals surface area (Å²) < 4.78 is 2.85. The maximum atomic E-state index is 4.67. The van der Waals surface area contributed by atoms with Crippen LogP contribution in [0.3, 0.4) is 0 Å². The van der Waals surface area contributed by atoms with Gasteiger partial charge in [-0.2, -0.15) is 9.61 Å². The highest BCUT2D eigenvalue weighted by Crippen LogP contribution is 2.29. The van der Waals surface area contributed by atoms with Gasteiger partial charge in [0.05, 0.1) is 0 Å². The second-order valence-electron chi connectivity index (χ2n) is 5.00. The quantitative estimate of drug-likeness (QED) is 0.518. The van der Waals surface area contributed by atoms with Gasteiger partial charge >= 0.3 is 0 Å². The Morgan fingerprint density at radius 3 is 2.59 bits per heavy atom. The summed E-state index contributed by atoms with van der Waals surface area (Å²) in [5.74, 6) is 0.771. The number of rotatable bonds is 2. The minimum atomic E-state index is 0.771. The lowest BCUT2D eigenvalue weighted by Crippen LogP contribution is -1.91. The van der Waals surface area contributed by atoms with E-state index in [1.54, 1.807) is 0 Å². The summed E-state index contributed by atoms with van der Waals surface area (Å²) in [6.07, 6.45) is 0. The van der Waals surface area contributed by atoms with Crippen LogP contribution in [0, 0.1) is 6.92 Å². The molecular weight excluding hydrogens is 360 g/mol. The van der Waals surface area contributed by atoms with Gasteiger partial charge in [-0.25, -0.2) is 0 Å². The first-order valence-corrected chi connectivity index (χ1v) is 8.37. The summed E-state index contributed by atoms with van der Waals surface area (Å²) in [7, 11) is 0. The lowest BCUT2D eigenvalue weighted by molar-refractivity contribution is 0.970. The third-order valence-corrected chi connectivity index (χ3v) is 4.81. The van der Waals surface area contributed by atoms with Crippen LogP contribution in [0.5, 0.6) is 0 Å². The van der Waals surface area contributed by atoms with Gasteiger partial charge in [-0.05, 0) is 19.1 Å². The number of hydrogen-bond acceptors (Lipinski definition) is 4. The molecule has 108 valence electrons. The van der Waals surface area contributed by atoms with Gasteiger partial charge in [-0.3, -0.25) is 0 Å². The zero-order chi connectivity index (χ0) is 15.1. The second-order valence-corrected chi connectivity index (χ2v) is 6.87. The zero-order valence-electron chi connectivity index (χ0n) is 11.7. The van der Waals surface area contributed by atoms with E-state index in [9.17, 15) is 0 Å². The van der Waals surface area contributed by atoms with Crippen molar-refractivity contribution in [1.29, 1.82) is 0 Å². The molecule has 0 bridgehead atoms. The van der Waals surface area contributed by atoms with Gasteiger partial charge in [-0.1, -0.05) is 69.2 Å². The van der Waals surface area contributed by atoms with Crippen molar-refractivity contribution >= 4 is 32.2 Å². The molecule has 0 amide bonds. The molecule has 4 nitrogen and oxygen atoms in total. The fourth-order valence-electron chi connectivity index (χ4n) is 2.24. The van der Waals surface area contributed by atoms with Crippen LogP contribution >= 0.6 is 27.3 Å². The van der Waals surface area contributed by atoms with Crippen LogP contribution < -0.4 is 0 Å². The van der Waals surface area contributed by atoms with Crippen LogP contribution in [-0.4, -0.2) is 19.8 Å². The smallest absolute Gasteiger partial charge is 0.182 e. The summed E-state index contributed by atoms with van der Waals surface area (Å²) in [6, 6.07) is 16.3. The number of halogens is 1. The molecule has 2 heterocycles. The predicted molar refractivity (Wildman–Crippen MR) is 92.0 cm³/mol. The summed E-state index contributed by atoms with van der Waals surface area (Å²) >= 11 is 5.03. The maximum absolute atomic E-state index is 4.67. The van der Waals surface area contributed by atoms with E-state index in [1.165, 1.54) is 16.9 Å². The van der Waals surface area contributed by atoms with Crippen molar-refractivity contribution in [2.75, 3.05) is 0 Å². The molecule has 0 aliphatic heterocycles. The van der Waals surface area contributed by atoms with Crippen LogP contribution in [0.2, 0.25) is 0 Å². The fraction of sp³-hybridized carbons (Fsp3) is 0.0625. The molecule has 6 heteroatoms. The van der Waals surface area contributed by atoms with Crippen LogP contribution in [0.15, 0.2) is 53.0 Å². The summed E-state index contributed by atoms with van der Waals surface area (Å²) in [6.45, 7) is 2.07. The molecule has 22 heavy (non-hydrogen) atoms. The Labute approximate surface area is 139 Å². The van der Waals surface area contributed by atoms with Crippen molar-refractivity contribution < 1.29 is 0 Å². The SMILES string of the molecule is Cc1ccc(-c2nnc3sc(-c4cccc(Br)c4)nn23)cc1. The van der Waals surface area contributed by atoms with Crippen LogP contribution in [-0.2, 0) is 0 Å². The molecule has 2 aromatic heterocycles. The highest BCUT2D eigenvalue weighted by molar-refractivity contribution is 9.10. The van der Waals surface area contributed by atoms with E-state index < -0.39 is 0 Å². The van der Waals surface area contributed by atoms with E-state index in [0.29, 0.717) is 0 Å². The first-order valence-electron chi connectivity index (χ1n) is 6.76. The van der Waals surface area contributed by atoms with Gasteiger partial charge in [0.2, 0.25) is 4.96 Å². The summed E-state index contributed by atoms with van der Waals surface area (Å²) in [4.78, 5) is 0.797. The molecule has 0 aliphatic rings. The predicted octanol–water partition coefficient (Wildman–Crippen LogP) is 4.59. The molecule has 0 fully saturated rings. The van der Waals surface area contributed by atoms with Gasteiger partial charge in [0.25, 0.3) is 0 Å². The number of nitrogens with zero attached hydrogens (tertiary/aromatic N) is 4. The van der Waals surface area contributed by atoms with E-state index in [0.717, 1.165) is 31.4 Å². The Morgan fingerprint density at radius 2 is 1.82 bits per heavy atom. The van der Waals surface area contributed by atoms with Crippen molar-refractivity contribution in [1.82, 2.24) is 19.8 Å². The summed E-state index contributed by atoms with van der Waals surface area (Å²) in [5, 5.41) is 14.1. The topological polar surface area (TPSA) is 43.1 Å². The molecule has 0 unspecified atom stereocenters. The molecule has 4 aromatic rings. The number of aromatic nitrogens is 4. The lowest BCUT2D eigenvalue weighted by Gasteiger charge is -1.98. The van der Waals surface area contributed by atoms with Crippen molar-refractivity contribution in [2.24, 2.45) is 0 Å². The minimum absolute atomic E-state index is 0.771. The molecule has 0 aliphatic carbocycles.